The van der Waals surface area contributed by atoms with Crippen LogP contribution in [-0.4, -0.2) is 107 Å². The van der Waals surface area contributed by atoms with Crippen molar-refractivity contribution in [1.29, 1.82) is 0 Å². The van der Waals surface area contributed by atoms with E-state index in [0.29, 0.717) is 78.5 Å². The van der Waals surface area contributed by atoms with E-state index in [2.05, 4.69) is 17.6 Å². The third-order valence-electron chi connectivity index (χ3n) is 8.37. The maximum Gasteiger partial charge on any atom is 0.305 e. The molecule has 1 rings (SSSR count). The molecule has 0 aromatic rings. The molecular formula is C35H67ClN4O8. The zero-order chi connectivity index (χ0) is 34.4. The minimum absolute atomic E-state index is 0. The van der Waals surface area contributed by atoms with Crippen molar-refractivity contribution in [3.63, 3.8) is 0 Å². The zero-order valence-corrected chi connectivity index (χ0v) is 30.8. The van der Waals surface area contributed by atoms with Crippen molar-refractivity contribution in [3.05, 3.63) is 0 Å². The van der Waals surface area contributed by atoms with Gasteiger partial charge in [0.15, 0.2) is 0 Å². The van der Waals surface area contributed by atoms with Crippen molar-refractivity contribution < 1.29 is 38.1 Å². The Morgan fingerprint density at radius 3 is 1.92 bits per heavy atom. The first-order valence-electron chi connectivity index (χ1n) is 18.3. The lowest BCUT2D eigenvalue weighted by atomic mass is 10.0. The lowest BCUT2D eigenvalue weighted by Gasteiger charge is -2.26. The molecule has 0 aromatic heterocycles. The normalized spacial score (nSPS) is 14.7. The van der Waals surface area contributed by atoms with E-state index in [0.717, 1.165) is 32.1 Å². The molecule has 0 saturated carbocycles. The van der Waals surface area contributed by atoms with Crippen molar-refractivity contribution >= 4 is 36.1 Å². The van der Waals surface area contributed by atoms with Crippen LogP contribution in [0.1, 0.15) is 122 Å². The van der Waals surface area contributed by atoms with Crippen LogP contribution in [0.15, 0.2) is 0 Å². The predicted molar refractivity (Wildman–Crippen MR) is 190 cm³/mol. The summed E-state index contributed by atoms with van der Waals surface area (Å²) in [7, 11) is 1.29. The van der Waals surface area contributed by atoms with Gasteiger partial charge in [0.2, 0.25) is 17.7 Å². The molecule has 1 aliphatic heterocycles. The van der Waals surface area contributed by atoms with E-state index < -0.39 is 18.1 Å². The summed E-state index contributed by atoms with van der Waals surface area (Å²) < 4.78 is 21.1. The second-order valence-corrected chi connectivity index (χ2v) is 12.3. The Hall–Kier alpha value is -1.99. The van der Waals surface area contributed by atoms with Gasteiger partial charge in [-0.3, -0.25) is 19.2 Å². The van der Waals surface area contributed by atoms with E-state index in [4.69, 9.17) is 24.7 Å². The van der Waals surface area contributed by atoms with Gasteiger partial charge in [-0.05, 0) is 45.1 Å². The number of halogens is 1. The minimum atomic E-state index is -0.910. The smallest absolute Gasteiger partial charge is 0.305 e. The molecule has 48 heavy (non-hydrogen) atoms. The Kier molecular flexibility index (Phi) is 30.9. The first kappa shape index (κ1) is 46.0. The molecule has 4 N–H and O–H groups in total. The third-order valence-corrected chi connectivity index (χ3v) is 8.37. The zero-order valence-electron chi connectivity index (χ0n) is 29.9. The van der Waals surface area contributed by atoms with Gasteiger partial charge in [-0.2, -0.15) is 0 Å². The Morgan fingerprint density at radius 2 is 1.33 bits per heavy atom. The van der Waals surface area contributed by atoms with Crippen LogP contribution in [-0.2, 0) is 38.1 Å². The number of carbonyl (C=O) groups is 4. The number of ether oxygens (including phenoxy) is 4. The lowest BCUT2D eigenvalue weighted by molar-refractivity contribution is -0.141. The number of rotatable bonds is 31. The molecule has 0 aromatic carbocycles. The molecular weight excluding hydrogens is 640 g/mol. The van der Waals surface area contributed by atoms with Gasteiger partial charge in [0.1, 0.15) is 12.1 Å². The third kappa shape index (κ3) is 23.4. The number of hydrogen-bond donors (Lipinski definition) is 3. The lowest BCUT2D eigenvalue weighted by Crippen LogP contribution is -2.53. The number of likely N-dealkylation sites (tertiary alicyclic amines) is 1. The number of nitrogens with two attached hydrogens (primary N) is 1. The van der Waals surface area contributed by atoms with Crippen LogP contribution in [0.3, 0.4) is 0 Å². The molecule has 282 valence electrons. The van der Waals surface area contributed by atoms with E-state index in [9.17, 15) is 19.2 Å². The number of carbonyl (C=O) groups excluding carboxylic acids is 4. The predicted octanol–water partition coefficient (Wildman–Crippen LogP) is 4.44. The summed E-state index contributed by atoms with van der Waals surface area (Å²) in [5.74, 6) is -1.19. The van der Waals surface area contributed by atoms with E-state index in [1.807, 2.05) is 0 Å². The molecule has 1 heterocycles. The van der Waals surface area contributed by atoms with Crippen LogP contribution in [0.4, 0.5) is 0 Å². The summed E-state index contributed by atoms with van der Waals surface area (Å²) in [6.45, 7) is 6.72. The number of unbranched alkanes of at least 4 members (excludes halogenated alkanes) is 10. The maximum atomic E-state index is 13.3. The Balaban J connectivity index is 0.0000221. The number of nitrogens with one attached hydrogen (secondary N) is 2. The Morgan fingerprint density at radius 1 is 0.771 bits per heavy atom. The summed E-state index contributed by atoms with van der Waals surface area (Å²) in [5, 5.41) is 5.65. The van der Waals surface area contributed by atoms with Gasteiger partial charge < -0.3 is 40.2 Å². The van der Waals surface area contributed by atoms with Crippen molar-refractivity contribution in [2.75, 3.05) is 66.4 Å². The molecule has 2 atom stereocenters. The van der Waals surface area contributed by atoms with Gasteiger partial charge in [0.05, 0.1) is 33.5 Å². The average molecular weight is 707 g/mol. The standard InChI is InChI=1S/C35H66N4O8.ClH/c1-3-4-5-6-7-8-9-10-11-12-13-18-32(40)39-23-14-17-31(39)35(43)38-30(19-20-33(41)44-2)34(42)37-22-16-25-46-27-29-47-28-26-45-24-15-21-36;/h30-31H,3-29,36H2,1-2H3,(H,37,42)(H,38,43);1H. The molecule has 0 spiro atoms. The molecule has 0 aliphatic carbocycles. The van der Waals surface area contributed by atoms with Crippen LogP contribution < -0.4 is 16.4 Å². The monoisotopic (exact) mass is 706 g/mol. The van der Waals surface area contributed by atoms with Gasteiger partial charge in [-0.25, -0.2) is 0 Å². The van der Waals surface area contributed by atoms with Crippen molar-refractivity contribution in [2.45, 2.75) is 135 Å². The quantitative estimate of drug-likeness (QED) is 0.0700. The summed E-state index contributed by atoms with van der Waals surface area (Å²) in [5.41, 5.74) is 5.42. The van der Waals surface area contributed by atoms with Gasteiger partial charge in [-0.15, -0.1) is 12.4 Å². The molecule has 0 radical (unpaired) electrons. The highest BCUT2D eigenvalue weighted by Gasteiger charge is 2.35. The van der Waals surface area contributed by atoms with Crippen LogP contribution >= 0.6 is 12.4 Å². The van der Waals surface area contributed by atoms with Crippen LogP contribution in [0.5, 0.6) is 0 Å². The number of methoxy groups -OCH3 is 1. The SMILES string of the molecule is CCCCCCCCCCCCCC(=O)N1CCCC1C(=O)NC(CCC(=O)OC)C(=O)NCCCOCCOCCOCCCN.Cl. The molecule has 1 saturated heterocycles. The van der Waals surface area contributed by atoms with E-state index in [1.54, 1.807) is 4.90 Å². The summed E-state index contributed by atoms with van der Waals surface area (Å²) in [6, 6.07) is -1.51. The minimum Gasteiger partial charge on any atom is -0.469 e. The number of amides is 3. The highest BCUT2D eigenvalue weighted by atomic mass is 35.5. The van der Waals surface area contributed by atoms with Gasteiger partial charge in [0, 0.05) is 39.1 Å². The largest absolute Gasteiger partial charge is 0.469 e. The van der Waals surface area contributed by atoms with Crippen molar-refractivity contribution in [1.82, 2.24) is 15.5 Å². The van der Waals surface area contributed by atoms with E-state index >= 15 is 0 Å². The molecule has 0 bridgehead atoms. The molecule has 2 unspecified atom stereocenters. The van der Waals surface area contributed by atoms with Crippen LogP contribution in [0, 0.1) is 0 Å². The highest BCUT2D eigenvalue weighted by molar-refractivity contribution is 5.92. The average Bonchev–Trinajstić information content (AvgIpc) is 3.58. The number of nitrogens with zero attached hydrogens (tertiary/aromatic N) is 1. The van der Waals surface area contributed by atoms with Crippen LogP contribution in [0.25, 0.3) is 0 Å². The highest BCUT2D eigenvalue weighted by Crippen LogP contribution is 2.20. The fraction of sp³-hybridized carbons (Fsp3) is 0.886. The second kappa shape index (κ2) is 32.2. The Bertz CT molecular complexity index is 838. The number of hydrogen-bond acceptors (Lipinski definition) is 9. The topological polar surface area (TPSA) is 159 Å². The van der Waals surface area contributed by atoms with Crippen LogP contribution in [0.2, 0.25) is 0 Å². The molecule has 12 nitrogen and oxygen atoms in total. The summed E-state index contributed by atoms with van der Waals surface area (Å²) in [6.07, 6.45) is 16.6. The van der Waals surface area contributed by atoms with Crippen molar-refractivity contribution in [2.24, 2.45) is 5.73 Å². The van der Waals surface area contributed by atoms with E-state index in [-0.39, 0.29) is 43.0 Å². The molecule has 1 aliphatic rings. The van der Waals surface area contributed by atoms with Gasteiger partial charge >= 0.3 is 5.97 Å². The summed E-state index contributed by atoms with van der Waals surface area (Å²) in [4.78, 5) is 52.8. The molecule has 3 amide bonds. The van der Waals surface area contributed by atoms with Gasteiger partial charge in [0.25, 0.3) is 0 Å². The molecule has 13 heteroatoms. The summed E-state index contributed by atoms with van der Waals surface area (Å²) >= 11 is 0. The maximum absolute atomic E-state index is 13.3. The first-order valence-corrected chi connectivity index (χ1v) is 18.3. The van der Waals surface area contributed by atoms with Crippen molar-refractivity contribution in [3.8, 4) is 0 Å². The number of esters is 1. The second-order valence-electron chi connectivity index (χ2n) is 12.3. The van der Waals surface area contributed by atoms with Gasteiger partial charge in [-0.1, -0.05) is 71.1 Å². The molecule has 1 fully saturated rings. The van der Waals surface area contributed by atoms with E-state index in [1.165, 1.54) is 58.5 Å². The fourth-order valence-electron chi connectivity index (χ4n) is 5.56. The Labute approximate surface area is 296 Å². The first-order chi connectivity index (χ1) is 22.9. The fourth-order valence-corrected chi connectivity index (χ4v) is 5.56.